The smallest absolute Gasteiger partial charge is 0.239 e. The van der Waals surface area contributed by atoms with Crippen LogP contribution in [0.4, 0.5) is 0 Å². The lowest BCUT2D eigenvalue weighted by molar-refractivity contribution is -0.126. The van der Waals surface area contributed by atoms with E-state index in [0.29, 0.717) is 19.0 Å². The molecule has 2 saturated carbocycles. The van der Waals surface area contributed by atoms with E-state index in [1.54, 1.807) is 4.31 Å². The minimum absolute atomic E-state index is 0.0663. The molecule has 1 aromatic rings. The number of hydrogen-bond donors (Lipinski definition) is 3. The van der Waals surface area contributed by atoms with Gasteiger partial charge in [0.2, 0.25) is 21.8 Å². The molecule has 2 bridgehead atoms. The van der Waals surface area contributed by atoms with Crippen LogP contribution in [0.25, 0.3) is 0 Å². The van der Waals surface area contributed by atoms with Gasteiger partial charge in [-0.3, -0.25) is 9.59 Å². The summed E-state index contributed by atoms with van der Waals surface area (Å²) in [5.74, 6) is -0.235. The summed E-state index contributed by atoms with van der Waals surface area (Å²) >= 11 is 0. The molecule has 1 aliphatic heterocycles. The first-order valence-corrected chi connectivity index (χ1v) is 14.9. The summed E-state index contributed by atoms with van der Waals surface area (Å²) in [6, 6.07) is 8.39. The second-order valence-corrected chi connectivity index (χ2v) is 14.2. The quantitative estimate of drug-likeness (QED) is 0.508. The highest BCUT2D eigenvalue weighted by Gasteiger charge is 2.66. The highest BCUT2D eigenvalue weighted by atomic mass is 32.2. The monoisotopic (exact) mass is 516 g/mol. The van der Waals surface area contributed by atoms with Crippen LogP contribution in [0.1, 0.15) is 57.1 Å². The van der Waals surface area contributed by atoms with E-state index in [1.165, 1.54) is 11.1 Å². The lowest BCUT2D eigenvalue weighted by Crippen LogP contribution is -2.56. The molecular weight excluding hydrogens is 476 g/mol. The second-order valence-electron chi connectivity index (χ2n) is 12.2. The van der Waals surface area contributed by atoms with E-state index in [0.717, 1.165) is 44.9 Å². The van der Waals surface area contributed by atoms with E-state index in [4.69, 9.17) is 5.73 Å². The summed E-state index contributed by atoms with van der Waals surface area (Å²) in [4.78, 5) is 24.1. The number of fused-ring (bicyclic) bond motifs is 3. The third kappa shape index (κ3) is 4.27. The molecule has 36 heavy (non-hydrogen) atoms. The number of amides is 2. The third-order valence-corrected chi connectivity index (χ3v) is 12.3. The topological polar surface area (TPSA) is 122 Å². The Bertz CT molecular complexity index is 1120. The van der Waals surface area contributed by atoms with Crippen LogP contribution in [0.15, 0.2) is 24.3 Å². The van der Waals surface area contributed by atoms with E-state index < -0.39 is 15.4 Å². The highest BCUT2D eigenvalue weighted by molar-refractivity contribution is 7.89. The number of sulfonamides is 1. The number of carbonyl (C=O) groups excluding carboxylic acids is 2. The van der Waals surface area contributed by atoms with Gasteiger partial charge in [0.05, 0.1) is 18.8 Å². The summed E-state index contributed by atoms with van der Waals surface area (Å²) in [5, 5.41) is 5.60. The maximum Gasteiger partial charge on any atom is 0.239 e. The Kier molecular flexibility index (Phi) is 6.49. The van der Waals surface area contributed by atoms with E-state index in [9.17, 15) is 18.0 Å². The van der Waals surface area contributed by atoms with Gasteiger partial charge in [-0.1, -0.05) is 38.1 Å². The molecule has 3 fully saturated rings. The highest BCUT2D eigenvalue weighted by Crippen LogP contribution is 2.66. The molecule has 0 aromatic heterocycles. The van der Waals surface area contributed by atoms with Gasteiger partial charge in [0.1, 0.15) is 0 Å². The van der Waals surface area contributed by atoms with Crippen LogP contribution in [-0.4, -0.2) is 62.5 Å². The van der Waals surface area contributed by atoms with Gasteiger partial charge in [-0.2, -0.15) is 0 Å². The van der Waals surface area contributed by atoms with Gasteiger partial charge in [-0.25, -0.2) is 12.7 Å². The average molecular weight is 517 g/mol. The van der Waals surface area contributed by atoms with Crippen molar-refractivity contribution in [2.24, 2.45) is 27.9 Å². The molecule has 3 atom stereocenters. The fraction of sp³-hybridized carbons (Fsp3) is 0.704. The number of nitrogens with two attached hydrogens (primary N) is 1. The van der Waals surface area contributed by atoms with Gasteiger partial charge >= 0.3 is 0 Å². The first-order valence-electron chi connectivity index (χ1n) is 13.3. The summed E-state index contributed by atoms with van der Waals surface area (Å²) in [6.45, 7) is 5.16. The van der Waals surface area contributed by atoms with Gasteiger partial charge in [0, 0.05) is 24.5 Å². The average Bonchev–Trinajstić information content (AvgIpc) is 3.38. The van der Waals surface area contributed by atoms with Gasteiger partial charge in [-0.15, -0.1) is 0 Å². The van der Waals surface area contributed by atoms with Crippen LogP contribution in [0.5, 0.6) is 0 Å². The number of piperidine rings is 1. The van der Waals surface area contributed by atoms with E-state index in [2.05, 4.69) is 48.7 Å². The molecule has 8 nitrogen and oxygen atoms in total. The van der Waals surface area contributed by atoms with Crippen molar-refractivity contribution in [2.45, 2.75) is 64.8 Å². The molecule has 3 aliphatic carbocycles. The zero-order valence-electron chi connectivity index (χ0n) is 21.5. The molecule has 5 rings (SSSR count). The molecule has 0 radical (unpaired) electrons. The fourth-order valence-corrected chi connectivity index (χ4v) is 10.2. The lowest BCUT2D eigenvalue weighted by atomic mass is 9.69. The van der Waals surface area contributed by atoms with Crippen LogP contribution < -0.4 is 16.4 Å². The molecule has 4 aliphatic rings. The predicted molar refractivity (Wildman–Crippen MR) is 138 cm³/mol. The Balaban J connectivity index is 1.27. The van der Waals surface area contributed by atoms with Gasteiger partial charge in [-0.05, 0) is 72.8 Å². The maximum absolute atomic E-state index is 13.9. The zero-order valence-corrected chi connectivity index (χ0v) is 22.3. The normalized spacial score (nSPS) is 30.3. The summed E-state index contributed by atoms with van der Waals surface area (Å²) < 4.78 is 29.4. The minimum atomic E-state index is -3.50. The predicted octanol–water partition coefficient (Wildman–Crippen LogP) is 1.58. The number of rotatable bonds is 7. The second kappa shape index (κ2) is 9.10. The fourth-order valence-electron chi connectivity index (χ4n) is 7.90. The SMILES string of the molecule is CC1(C)C2CC[C@@]1(CS(=O)(=O)N1CCC3(CC1)Cc1ccccc1C3)C(NC(=O)CNC(=O)CN)C2. The Morgan fingerprint density at radius 1 is 1.06 bits per heavy atom. The van der Waals surface area contributed by atoms with E-state index in [1.807, 2.05) is 0 Å². The standard InChI is InChI=1S/C27H40N4O4S/c1-25(2)21-7-8-27(25,22(13-21)30-24(33)17-29-23(32)16-28)18-36(34,35)31-11-9-26(10-12-31)14-19-5-3-4-6-20(19)15-26/h3-6,21-22H,7-18,28H2,1-2H3,(H,29,32)(H,30,33)/t21?,22?,27-/m1/s1. The number of hydrogen-bond acceptors (Lipinski definition) is 5. The van der Waals surface area contributed by atoms with Crippen molar-refractivity contribution in [1.82, 2.24) is 14.9 Å². The summed E-state index contributed by atoms with van der Waals surface area (Å²) in [6.07, 6.45) is 6.43. The van der Waals surface area contributed by atoms with Crippen molar-refractivity contribution in [2.75, 3.05) is 31.9 Å². The molecule has 1 saturated heterocycles. The number of nitrogens with one attached hydrogen (secondary N) is 2. The lowest BCUT2D eigenvalue weighted by Gasteiger charge is -2.45. The Hall–Kier alpha value is -1.97. The van der Waals surface area contributed by atoms with Crippen LogP contribution in [0.3, 0.4) is 0 Å². The van der Waals surface area contributed by atoms with Crippen molar-refractivity contribution in [3.8, 4) is 0 Å². The summed E-state index contributed by atoms with van der Waals surface area (Å²) in [7, 11) is -3.50. The minimum Gasteiger partial charge on any atom is -0.351 e. The molecule has 1 heterocycles. The zero-order chi connectivity index (χ0) is 25.8. The van der Waals surface area contributed by atoms with Crippen molar-refractivity contribution in [1.29, 1.82) is 0 Å². The van der Waals surface area contributed by atoms with Gasteiger partial charge in [0.15, 0.2) is 0 Å². The number of benzene rings is 1. The Labute approximate surface area is 214 Å². The van der Waals surface area contributed by atoms with Crippen molar-refractivity contribution >= 4 is 21.8 Å². The van der Waals surface area contributed by atoms with Crippen LogP contribution in [-0.2, 0) is 32.5 Å². The Morgan fingerprint density at radius 2 is 1.69 bits per heavy atom. The molecular formula is C27H40N4O4S. The molecule has 9 heteroatoms. The maximum atomic E-state index is 13.9. The third-order valence-electron chi connectivity index (χ3n) is 10.3. The van der Waals surface area contributed by atoms with Crippen LogP contribution in [0.2, 0.25) is 0 Å². The van der Waals surface area contributed by atoms with Crippen LogP contribution in [0, 0.1) is 22.2 Å². The molecule has 1 spiro atoms. The van der Waals surface area contributed by atoms with Gasteiger partial charge in [0.25, 0.3) is 0 Å². The van der Waals surface area contributed by atoms with Crippen molar-refractivity contribution in [3.63, 3.8) is 0 Å². The molecule has 1 aromatic carbocycles. The Morgan fingerprint density at radius 3 is 2.28 bits per heavy atom. The molecule has 4 N–H and O–H groups in total. The molecule has 2 unspecified atom stereocenters. The first kappa shape index (κ1) is 25.7. The molecule has 198 valence electrons. The first-order chi connectivity index (χ1) is 17.0. The largest absolute Gasteiger partial charge is 0.351 e. The van der Waals surface area contributed by atoms with E-state index in [-0.39, 0.29) is 47.5 Å². The number of carbonyl (C=O) groups is 2. The summed E-state index contributed by atoms with van der Waals surface area (Å²) in [5.41, 5.74) is 7.63. The van der Waals surface area contributed by atoms with Crippen LogP contribution >= 0.6 is 0 Å². The van der Waals surface area contributed by atoms with Crippen molar-refractivity contribution < 1.29 is 18.0 Å². The van der Waals surface area contributed by atoms with Gasteiger partial charge < -0.3 is 16.4 Å². The number of nitrogens with zero attached hydrogens (tertiary/aromatic N) is 1. The van der Waals surface area contributed by atoms with E-state index >= 15 is 0 Å². The van der Waals surface area contributed by atoms with Crippen molar-refractivity contribution in [3.05, 3.63) is 35.4 Å². The molecule has 2 amide bonds.